The van der Waals surface area contributed by atoms with Gasteiger partial charge < -0.3 is 20.5 Å². The minimum absolute atomic E-state index is 0.0219. The molecular weight excluding hydrogens is 354 g/mol. The van der Waals surface area contributed by atoms with Crippen LogP contribution in [0.3, 0.4) is 0 Å². The molecule has 2 N–H and O–H groups in total. The number of thioether (sulfide) groups is 1. The van der Waals surface area contributed by atoms with Gasteiger partial charge in [0.05, 0.1) is 11.7 Å². The largest absolute Gasteiger partial charge is 0.545 e. The van der Waals surface area contributed by atoms with Crippen molar-refractivity contribution in [3.63, 3.8) is 0 Å². The number of carbonyl (C=O) groups is 3. The molecule has 1 aliphatic heterocycles. The van der Waals surface area contributed by atoms with E-state index in [9.17, 15) is 19.5 Å². The quantitative estimate of drug-likeness (QED) is 0.826. The SMILES string of the molecule is O=C(C[C@H]1SC(=Nc2ccc(C(=O)[O-])cc2)NC1=O)Nc1ccccc1. The summed E-state index contributed by atoms with van der Waals surface area (Å²) in [5.41, 5.74) is 1.21. The van der Waals surface area contributed by atoms with E-state index in [2.05, 4.69) is 15.6 Å². The summed E-state index contributed by atoms with van der Waals surface area (Å²) in [6.45, 7) is 0. The predicted octanol–water partition coefficient (Wildman–Crippen LogP) is 1.30. The minimum Gasteiger partial charge on any atom is -0.545 e. The fraction of sp³-hybridized carbons (Fsp3) is 0.111. The van der Waals surface area contributed by atoms with E-state index in [1.165, 1.54) is 24.3 Å². The summed E-state index contributed by atoms with van der Waals surface area (Å²) in [6, 6.07) is 14.8. The molecule has 3 rings (SSSR count). The first kappa shape index (κ1) is 17.7. The van der Waals surface area contributed by atoms with Crippen LogP contribution in [0.4, 0.5) is 11.4 Å². The van der Waals surface area contributed by atoms with Crippen molar-refractivity contribution in [3.05, 3.63) is 60.2 Å². The second-order valence-corrected chi connectivity index (χ2v) is 6.66. The van der Waals surface area contributed by atoms with Crippen LogP contribution in [-0.2, 0) is 9.59 Å². The molecular formula is C18H14N3O4S-. The number of carboxylic acids is 1. The third kappa shape index (κ3) is 4.48. The van der Waals surface area contributed by atoms with E-state index in [1.54, 1.807) is 12.1 Å². The molecule has 8 heteroatoms. The van der Waals surface area contributed by atoms with E-state index in [0.29, 0.717) is 16.5 Å². The lowest BCUT2D eigenvalue weighted by atomic mass is 10.2. The average Bonchev–Trinajstić information content (AvgIpc) is 2.95. The number of rotatable bonds is 5. The van der Waals surface area contributed by atoms with Crippen LogP contribution >= 0.6 is 11.8 Å². The molecule has 26 heavy (non-hydrogen) atoms. The molecule has 0 aliphatic carbocycles. The number of anilines is 1. The van der Waals surface area contributed by atoms with Gasteiger partial charge in [0.2, 0.25) is 11.8 Å². The number of carboxylic acid groups (broad SMARTS) is 1. The van der Waals surface area contributed by atoms with Crippen LogP contribution in [0.25, 0.3) is 0 Å². The van der Waals surface area contributed by atoms with Crippen LogP contribution in [0.2, 0.25) is 0 Å². The molecule has 0 bridgehead atoms. The van der Waals surface area contributed by atoms with E-state index in [-0.39, 0.29) is 23.8 Å². The van der Waals surface area contributed by atoms with E-state index < -0.39 is 11.2 Å². The van der Waals surface area contributed by atoms with Gasteiger partial charge in [0.25, 0.3) is 0 Å². The third-order valence-corrected chi connectivity index (χ3v) is 4.62. The van der Waals surface area contributed by atoms with Crippen molar-refractivity contribution in [1.29, 1.82) is 0 Å². The molecule has 2 aromatic carbocycles. The lowest BCUT2D eigenvalue weighted by Crippen LogP contribution is -2.28. The second kappa shape index (κ2) is 7.83. The van der Waals surface area contributed by atoms with Crippen molar-refractivity contribution in [2.45, 2.75) is 11.7 Å². The summed E-state index contributed by atoms with van der Waals surface area (Å²) in [6.07, 6.45) is 0.0219. The molecule has 0 unspecified atom stereocenters. The molecule has 1 aliphatic rings. The Morgan fingerprint density at radius 3 is 2.46 bits per heavy atom. The molecule has 2 aromatic rings. The Hall–Kier alpha value is -3.13. The van der Waals surface area contributed by atoms with Gasteiger partial charge in [-0.3, -0.25) is 9.59 Å². The lowest BCUT2D eigenvalue weighted by Gasteiger charge is -2.07. The van der Waals surface area contributed by atoms with Crippen LogP contribution in [0.15, 0.2) is 59.6 Å². The molecule has 1 atom stereocenters. The molecule has 0 aromatic heterocycles. The maximum absolute atomic E-state index is 12.1. The number of hydrogen-bond donors (Lipinski definition) is 2. The summed E-state index contributed by atoms with van der Waals surface area (Å²) in [5.74, 6) is -1.82. The monoisotopic (exact) mass is 368 g/mol. The summed E-state index contributed by atoms with van der Waals surface area (Å²) in [4.78, 5) is 39.1. The molecule has 1 saturated heterocycles. The summed E-state index contributed by atoms with van der Waals surface area (Å²) >= 11 is 1.16. The average molecular weight is 368 g/mol. The number of amidine groups is 1. The topological polar surface area (TPSA) is 111 Å². The summed E-state index contributed by atoms with van der Waals surface area (Å²) in [7, 11) is 0. The smallest absolute Gasteiger partial charge is 0.240 e. The Balaban J connectivity index is 1.61. The first-order valence-corrected chi connectivity index (χ1v) is 8.62. The highest BCUT2D eigenvalue weighted by atomic mass is 32.2. The van der Waals surface area contributed by atoms with E-state index in [1.807, 2.05) is 18.2 Å². The normalized spacial score (nSPS) is 17.8. The number of hydrogen-bond acceptors (Lipinski definition) is 6. The van der Waals surface area contributed by atoms with Gasteiger partial charge in [-0.1, -0.05) is 42.1 Å². The van der Waals surface area contributed by atoms with Gasteiger partial charge in [0.15, 0.2) is 5.17 Å². The Kier molecular flexibility index (Phi) is 5.33. The Morgan fingerprint density at radius 2 is 1.81 bits per heavy atom. The van der Waals surface area contributed by atoms with Crippen molar-refractivity contribution >= 4 is 46.1 Å². The van der Waals surface area contributed by atoms with Gasteiger partial charge in [-0.2, -0.15) is 0 Å². The van der Waals surface area contributed by atoms with Crippen LogP contribution < -0.4 is 15.7 Å². The summed E-state index contributed by atoms with van der Waals surface area (Å²) < 4.78 is 0. The van der Waals surface area contributed by atoms with Gasteiger partial charge in [-0.05, 0) is 29.8 Å². The molecule has 132 valence electrons. The van der Waals surface area contributed by atoms with Crippen molar-refractivity contribution < 1.29 is 19.5 Å². The van der Waals surface area contributed by atoms with Gasteiger partial charge >= 0.3 is 0 Å². The van der Waals surface area contributed by atoms with Gasteiger partial charge in [-0.25, -0.2) is 4.99 Å². The molecule has 0 radical (unpaired) electrons. The number of carbonyl (C=O) groups excluding carboxylic acids is 3. The number of aliphatic imine (C=N–C) groups is 1. The molecule has 2 amide bonds. The third-order valence-electron chi connectivity index (χ3n) is 3.54. The zero-order valence-corrected chi connectivity index (χ0v) is 14.3. The van der Waals surface area contributed by atoms with E-state index >= 15 is 0 Å². The zero-order valence-electron chi connectivity index (χ0n) is 13.5. The second-order valence-electron chi connectivity index (χ2n) is 5.47. The number of benzene rings is 2. The number of aromatic carboxylic acids is 1. The molecule has 7 nitrogen and oxygen atoms in total. The van der Waals surface area contributed by atoms with Crippen molar-refractivity contribution in [2.75, 3.05) is 5.32 Å². The van der Waals surface area contributed by atoms with Crippen LogP contribution in [0.5, 0.6) is 0 Å². The van der Waals surface area contributed by atoms with Crippen LogP contribution in [-0.4, -0.2) is 28.2 Å². The number of para-hydroxylation sites is 1. The Morgan fingerprint density at radius 1 is 1.12 bits per heavy atom. The van der Waals surface area contributed by atoms with Crippen molar-refractivity contribution in [1.82, 2.24) is 5.32 Å². The lowest BCUT2D eigenvalue weighted by molar-refractivity contribution is -0.255. The highest BCUT2D eigenvalue weighted by Gasteiger charge is 2.32. The zero-order chi connectivity index (χ0) is 18.5. The molecule has 1 fully saturated rings. The Labute approximate surface area is 153 Å². The standard InChI is InChI=1S/C18H15N3O4S/c22-15(19-12-4-2-1-3-5-12)10-14-16(23)21-18(26-14)20-13-8-6-11(7-9-13)17(24)25/h1-9,14H,10H2,(H,19,22)(H,24,25)(H,20,21,23)/p-1/t14-/m1/s1. The number of amides is 2. The van der Waals surface area contributed by atoms with Crippen molar-refractivity contribution in [3.8, 4) is 0 Å². The fourth-order valence-corrected chi connectivity index (χ4v) is 3.27. The maximum Gasteiger partial charge on any atom is 0.240 e. The van der Waals surface area contributed by atoms with Gasteiger partial charge in [0.1, 0.15) is 5.25 Å². The first-order chi connectivity index (χ1) is 12.5. The van der Waals surface area contributed by atoms with Gasteiger partial charge in [0, 0.05) is 12.1 Å². The predicted molar refractivity (Wildman–Crippen MR) is 97.1 cm³/mol. The van der Waals surface area contributed by atoms with Crippen molar-refractivity contribution in [2.24, 2.45) is 4.99 Å². The van der Waals surface area contributed by atoms with Crippen LogP contribution in [0.1, 0.15) is 16.8 Å². The molecule has 1 heterocycles. The number of nitrogens with one attached hydrogen (secondary N) is 2. The fourth-order valence-electron chi connectivity index (χ4n) is 2.28. The Bertz CT molecular complexity index is 866. The first-order valence-electron chi connectivity index (χ1n) is 7.74. The molecule has 0 spiro atoms. The maximum atomic E-state index is 12.1. The highest BCUT2D eigenvalue weighted by molar-refractivity contribution is 8.15. The number of nitrogens with zero attached hydrogens (tertiary/aromatic N) is 1. The van der Waals surface area contributed by atoms with E-state index in [0.717, 1.165) is 11.8 Å². The summed E-state index contributed by atoms with van der Waals surface area (Å²) in [5, 5.41) is 15.9. The minimum atomic E-state index is -1.27. The molecule has 0 saturated carbocycles. The van der Waals surface area contributed by atoms with Crippen LogP contribution in [0, 0.1) is 0 Å². The van der Waals surface area contributed by atoms with E-state index in [4.69, 9.17) is 0 Å². The highest BCUT2D eigenvalue weighted by Crippen LogP contribution is 2.25. The van der Waals surface area contributed by atoms with Gasteiger partial charge in [-0.15, -0.1) is 0 Å².